The van der Waals surface area contributed by atoms with Gasteiger partial charge in [-0.05, 0) is 24.8 Å². The second-order valence-electron chi connectivity index (χ2n) is 3.86. The van der Waals surface area contributed by atoms with Crippen LogP contribution in [0.2, 0.25) is 0 Å². The summed E-state index contributed by atoms with van der Waals surface area (Å²) in [6.07, 6.45) is 5.56. The number of hydrogen-bond donors (Lipinski definition) is 2. The number of unbranched alkanes of at least 4 members (excludes halogenated alkanes) is 3. The molecule has 3 nitrogen and oxygen atoms in total. The number of aryl methyl sites for hydroxylation is 1. The lowest BCUT2D eigenvalue weighted by atomic mass is 10.1. The largest absolute Gasteiger partial charge is 0.329 e. The fourth-order valence-corrected chi connectivity index (χ4v) is 2.07. The second-order valence-corrected chi connectivity index (χ2v) is 5.40. The quantitative estimate of drug-likeness (QED) is 0.569. The van der Waals surface area contributed by atoms with Gasteiger partial charge in [0.25, 0.3) is 0 Å². The van der Waals surface area contributed by atoms with Crippen LogP contribution in [-0.2, 0) is 11.0 Å². The van der Waals surface area contributed by atoms with Crippen LogP contribution in [0, 0.1) is 6.16 Å². The van der Waals surface area contributed by atoms with Crippen LogP contribution in [0.3, 0.4) is 0 Å². The Labute approximate surface area is 96.7 Å². The van der Waals surface area contributed by atoms with Gasteiger partial charge < -0.3 is 9.79 Å². The van der Waals surface area contributed by atoms with Gasteiger partial charge in [-0.3, -0.25) is 4.57 Å². The van der Waals surface area contributed by atoms with E-state index >= 15 is 0 Å². The van der Waals surface area contributed by atoms with Crippen LogP contribution in [0.15, 0.2) is 30.3 Å². The minimum atomic E-state index is -3.90. The maximum absolute atomic E-state index is 10.5. The summed E-state index contributed by atoms with van der Waals surface area (Å²) in [5.41, 5.74) is 1.32. The summed E-state index contributed by atoms with van der Waals surface area (Å²) in [4.78, 5) is 17.2. The smallest absolute Gasteiger partial charge is 0.324 e. The molecule has 0 bridgehead atoms. The first-order chi connectivity index (χ1) is 7.58. The first-order valence-electron chi connectivity index (χ1n) is 5.51. The summed E-state index contributed by atoms with van der Waals surface area (Å²) in [7, 11) is -3.90. The van der Waals surface area contributed by atoms with E-state index in [2.05, 4.69) is 12.1 Å². The highest BCUT2D eigenvalue weighted by Gasteiger charge is 2.11. The van der Waals surface area contributed by atoms with E-state index in [4.69, 9.17) is 9.79 Å². The van der Waals surface area contributed by atoms with E-state index in [0.717, 1.165) is 31.8 Å². The van der Waals surface area contributed by atoms with Crippen molar-refractivity contribution in [1.82, 2.24) is 0 Å². The molecule has 0 atom stereocenters. The molecule has 0 unspecified atom stereocenters. The molecule has 89 valence electrons. The van der Waals surface area contributed by atoms with E-state index in [1.165, 1.54) is 5.56 Å². The van der Waals surface area contributed by atoms with E-state index < -0.39 is 7.60 Å². The molecule has 1 aromatic rings. The summed E-state index contributed by atoms with van der Waals surface area (Å²) >= 11 is 0. The average molecular weight is 241 g/mol. The molecule has 1 rings (SSSR count). The van der Waals surface area contributed by atoms with Gasteiger partial charge in [0.2, 0.25) is 0 Å². The molecule has 0 heterocycles. The topological polar surface area (TPSA) is 57.5 Å². The zero-order valence-corrected chi connectivity index (χ0v) is 10.1. The monoisotopic (exact) mass is 241 g/mol. The van der Waals surface area contributed by atoms with Gasteiger partial charge in [-0.2, -0.15) is 0 Å². The van der Waals surface area contributed by atoms with Gasteiger partial charge in [0, 0.05) is 0 Å². The molecule has 0 saturated carbocycles. The van der Waals surface area contributed by atoms with Gasteiger partial charge in [0.15, 0.2) is 0 Å². The van der Waals surface area contributed by atoms with Crippen molar-refractivity contribution in [2.45, 2.75) is 32.1 Å². The third-order valence-corrected chi connectivity index (χ3v) is 3.11. The Kier molecular flexibility index (Phi) is 5.75. The van der Waals surface area contributed by atoms with Gasteiger partial charge in [-0.1, -0.05) is 43.2 Å². The van der Waals surface area contributed by atoms with Gasteiger partial charge in [-0.15, -0.1) is 0 Å². The van der Waals surface area contributed by atoms with Crippen molar-refractivity contribution >= 4 is 7.60 Å². The van der Waals surface area contributed by atoms with Crippen molar-refractivity contribution < 1.29 is 14.4 Å². The van der Waals surface area contributed by atoms with Crippen LogP contribution in [-0.4, -0.2) is 9.79 Å². The summed E-state index contributed by atoms with van der Waals surface area (Å²) in [5.74, 6) is 0. The summed E-state index contributed by atoms with van der Waals surface area (Å²) in [6.45, 7) is 0. The van der Waals surface area contributed by atoms with Crippen LogP contribution in [0.25, 0.3) is 0 Å². The molecular weight excluding hydrogens is 223 g/mol. The highest BCUT2D eigenvalue weighted by Crippen LogP contribution is 2.40. The van der Waals surface area contributed by atoms with E-state index in [9.17, 15) is 4.57 Å². The average Bonchev–Trinajstić information content (AvgIpc) is 2.23. The Morgan fingerprint density at radius 2 is 1.75 bits per heavy atom. The fraction of sp³-hybridized carbons (Fsp3) is 0.417. The number of hydrogen-bond acceptors (Lipinski definition) is 1. The molecule has 0 spiro atoms. The van der Waals surface area contributed by atoms with Crippen molar-refractivity contribution in [2.24, 2.45) is 0 Å². The van der Waals surface area contributed by atoms with E-state index in [1.54, 1.807) is 0 Å². The van der Waals surface area contributed by atoms with Crippen molar-refractivity contribution in [3.8, 4) is 0 Å². The molecule has 2 N–H and O–H groups in total. The molecule has 0 saturated heterocycles. The molecule has 4 heteroatoms. The van der Waals surface area contributed by atoms with Crippen molar-refractivity contribution in [2.75, 3.05) is 0 Å². The van der Waals surface area contributed by atoms with Crippen LogP contribution in [0.5, 0.6) is 0 Å². The lowest BCUT2D eigenvalue weighted by Gasteiger charge is -2.03. The van der Waals surface area contributed by atoms with Gasteiger partial charge >= 0.3 is 7.60 Å². The van der Waals surface area contributed by atoms with E-state index in [1.807, 2.05) is 18.2 Å². The zero-order chi connectivity index (χ0) is 11.9. The maximum atomic E-state index is 10.5. The maximum Gasteiger partial charge on any atom is 0.329 e. The van der Waals surface area contributed by atoms with Gasteiger partial charge in [0.05, 0.1) is 6.16 Å². The molecule has 0 fully saturated rings. The second kappa shape index (κ2) is 6.85. The fourth-order valence-electron chi connectivity index (χ4n) is 1.55. The summed E-state index contributed by atoms with van der Waals surface area (Å²) < 4.78 is 10.5. The molecule has 16 heavy (non-hydrogen) atoms. The Balaban J connectivity index is 2.03. The lowest BCUT2D eigenvalue weighted by Crippen LogP contribution is -1.86. The normalized spacial score (nSPS) is 11.6. The van der Waals surface area contributed by atoms with Crippen LogP contribution in [0.4, 0.5) is 0 Å². The predicted molar refractivity (Wildman–Crippen MR) is 65.0 cm³/mol. The molecule has 1 aromatic carbocycles. The van der Waals surface area contributed by atoms with Crippen LogP contribution in [0.1, 0.15) is 31.2 Å². The zero-order valence-electron chi connectivity index (χ0n) is 9.25. The summed E-state index contributed by atoms with van der Waals surface area (Å²) in [5, 5.41) is 0. The van der Waals surface area contributed by atoms with Crippen LogP contribution < -0.4 is 0 Å². The molecule has 1 radical (unpaired) electrons. The lowest BCUT2D eigenvalue weighted by molar-refractivity contribution is 0.378. The molecular formula is C12H18O3P. The van der Waals surface area contributed by atoms with Crippen molar-refractivity contribution in [3.05, 3.63) is 42.1 Å². The summed E-state index contributed by atoms with van der Waals surface area (Å²) in [6, 6.07) is 10.2. The SMILES string of the molecule is O=P(O)(O)[CH]CCCCCc1ccccc1. The molecule has 0 aromatic heterocycles. The molecule has 0 amide bonds. The number of benzene rings is 1. The third kappa shape index (κ3) is 6.78. The Bertz CT molecular complexity index is 331. The first kappa shape index (κ1) is 13.4. The standard InChI is InChI=1S/C12H18O3P/c13-16(14,15)11-7-2-1-4-8-12-9-5-3-6-10-12/h3,5-6,9-11H,1-2,4,7-8H2,(H2,13,14,15). The highest BCUT2D eigenvalue weighted by molar-refractivity contribution is 7.54. The molecule has 0 aliphatic carbocycles. The Morgan fingerprint density at radius 1 is 1.06 bits per heavy atom. The molecule has 0 aliphatic heterocycles. The number of rotatable bonds is 7. The molecule has 0 aliphatic rings. The Morgan fingerprint density at radius 3 is 2.38 bits per heavy atom. The van der Waals surface area contributed by atoms with Crippen molar-refractivity contribution in [1.29, 1.82) is 0 Å². The highest BCUT2D eigenvalue weighted by atomic mass is 31.2. The van der Waals surface area contributed by atoms with E-state index in [-0.39, 0.29) is 0 Å². The minimum Gasteiger partial charge on any atom is -0.324 e. The van der Waals surface area contributed by atoms with Crippen molar-refractivity contribution in [3.63, 3.8) is 0 Å². The third-order valence-electron chi connectivity index (χ3n) is 2.38. The Hall–Kier alpha value is -0.630. The van der Waals surface area contributed by atoms with Gasteiger partial charge in [-0.25, -0.2) is 0 Å². The minimum absolute atomic E-state index is 0.499. The van der Waals surface area contributed by atoms with Crippen LogP contribution >= 0.6 is 7.60 Å². The van der Waals surface area contributed by atoms with Gasteiger partial charge in [0.1, 0.15) is 0 Å². The predicted octanol–water partition coefficient (Wildman–Crippen LogP) is 3.13. The first-order valence-corrected chi connectivity index (χ1v) is 7.19. The van der Waals surface area contributed by atoms with E-state index in [0.29, 0.717) is 6.42 Å².